The van der Waals surface area contributed by atoms with E-state index in [0.717, 1.165) is 57.3 Å². The highest BCUT2D eigenvalue weighted by molar-refractivity contribution is 5.76. The standard InChI is InChI=1S/C18H29N7O/c1-23-8-9-25(15-10-14(19)21-17(20)22-15)12-18(23)5-4-16(26)24(7-6-18)11-13-2-3-13/h10,13H,2-9,11-12H2,1H3,(H4,19,20,21,22). The van der Waals surface area contributed by atoms with Crippen molar-refractivity contribution in [2.24, 2.45) is 5.92 Å². The van der Waals surface area contributed by atoms with Gasteiger partial charge in [-0.15, -0.1) is 0 Å². The first-order chi connectivity index (χ1) is 12.4. The Morgan fingerprint density at radius 1 is 1.19 bits per heavy atom. The third-order valence-corrected chi connectivity index (χ3v) is 6.25. The Morgan fingerprint density at radius 2 is 2.00 bits per heavy atom. The van der Waals surface area contributed by atoms with Gasteiger partial charge in [0.15, 0.2) is 0 Å². The highest BCUT2D eigenvalue weighted by Crippen LogP contribution is 2.36. The quantitative estimate of drug-likeness (QED) is 0.812. The molecule has 4 N–H and O–H groups in total. The lowest BCUT2D eigenvalue weighted by atomic mass is 9.86. The van der Waals surface area contributed by atoms with Crippen LogP contribution < -0.4 is 16.4 Å². The molecule has 4 rings (SSSR count). The maximum Gasteiger partial charge on any atom is 0.223 e. The smallest absolute Gasteiger partial charge is 0.223 e. The number of hydrogen-bond acceptors (Lipinski definition) is 7. The molecule has 3 aliphatic rings. The van der Waals surface area contributed by atoms with Crippen molar-refractivity contribution < 1.29 is 4.79 Å². The second-order valence-electron chi connectivity index (χ2n) is 8.11. The zero-order chi connectivity index (χ0) is 18.3. The van der Waals surface area contributed by atoms with E-state index in [1.54, 1.807) is 6.07 Å². The fourth-order valence-electron chi connectivity index (χ4n) is 4.33. The molecule has 1 unspecified atom stereocenters. The molecule has 26 heavy (non-hydrogen) atoms. The lowest BCUT2D eigenvalue weighted by Gasteiger charge is -2.49. The number of likely N-dealkylation sites (tertiary alicyclic amines) is 1. The molecule has 142 valence electrons. The van der Waals surface area contributed by atoms with Crippen LogP contribution in [0.5, 0.6) is 0 Å². The Bertz CT molecular complexity index is 672. The number of amides is 1. The lowest BCUT2D eigenvalue weighted by molar-refractivity contribution is -0.130. The van der Waals surface area contributed by atoms with Gasteiger partial charge < -0.3 is 21.3 Å². The van der Waals surface area contributed by atoms with Gasteiger partial charge in [0, 0.05) is 50.7 Å². The van der Waals surface area contributed by atoms with E-state index < -0.39 is 0 Å². The van der Waals surface area contributed by atoms with Crippen LogP contribution in [-0.4, -0.2) is 71.0 Å². The molecule has 0 bridgehead atoms. The van der Waals surface area contributed by atoms with Crippen LogP contribution in [0.25, 0.3) is 0 Å². The molecule has 1 atom stereocenters. The fraction of sp³-hybridized carbons (Fsp3) is 0.722. The van der Waals surface area contributed by atoms with Crippen molar-refractivity contribution >= 4 is 23.5 Å². The number of nitrogens with two attached hydrogens (primary N) is 2. The first-order valence-corrected chi connectivity index (χ1v) is 9.59. The van der Waals surface area contributed by atoms with Gasteiger partial charge in [0.2, 0.25) is 11.9 Å². The number of nitrogens with zero attached hydrogens (tertiary/aromatic N) is 5. The van der Waals surface area contributed by atoms with E-state index >= 15 is 0 Å². The van der Waals surface area contributed by atoms with Gasteiger partial charge in [0.1, 0.15) is 11.6 Å². The van der Waals surface area contributed by atoms with Gasteiger partial charge >= 0.3 is 0 Å². The van der Waals surface area contributed by atoms with E-state index in [-0.39, 0.29) is 11.5 Å². The minimum absolute atomic E-state index is 0.0132. The van der Waals surface area contributed by atoms with Crippen molar-refractivity contribution in [3.05, 3.63) is 6.07 Å². The molecule has 3 heterocycles. The molecular weight excluding hydrogens is 330 g/mol. The largest absolute Gasteiger partial charge is 0.383 e. The minimum Gasteiger partial charge on any atom is -0.383 e. The van der Waals surface area contributed by atoms with E-state index in [9.17, 15) is 4.79 Å². The van der Waals surface area contributed by atoms with Crippen molar-refractivity contribution in [1.82, 2.24) is 19.8 Å². The molecule has 1 aromatic rings. The highest BCUT2D eigenvalue weighted by atomic mass is 16.2. The molecule has 1 spiro atoms. The average Bonchev–Trinajstić information content (AvgIpc) is 3.42. The molecule has 2 aliphatic heterocycles. The molecule has 0 radical (unpaired) electrons. The average molecular weight is 359 g/mol. The predicted molar refractivity (Wildman–Crippen MR) is 102 cm³/mol. The van der Waals surface area contributed by atoms with Crippen LogP contribution in [0.15, 0.2) is 6.07 Å². The van der Waals surface area contributed by atoms with Crippen molar-refractivity contribution in [2.75, 3.05) is 56.1 Å². The van der Waals surface area contributed by atoms with Crippen LogP contribution in [0.4, 0.5) is 17.6 Å². The second kappa shape index (κ2) is 6.57. The number of nitrogen functional groups attached to an aromatic ring is 2. The number of rotatable bonds is 3. The van der Waals surface area contributed by atoms with Gasteiger partial charge in [0.05, 0.1) is 0 Å². The Labute approximate surface area is 154 Å². The van der Waals surface area contributed by atoms with Crippen molar-refractivity contribution in [1.29, 1.82) is 0 Å². The highest BCUT2D eigenvalue weighted by Gasteiger charge is 2.43. The van der Waals surface area contributed by atoms with Gasteiger partial charge in [-0.25, -0.2) is 0 Å². The number of aromatic nitrogens is 2. The molecule has 0 aromatic carbocycles. The summed E-state index contributed by atoms with van der Waals surface area (Å²) in [5, 5.41) is 0. The summed E-state index contributed by atoms with van der Waals surface area (Å²) >= 11 is 0. The van der Waals surface area contributed by atoms with Gasteiger partial charge in [-0.1, -0.05) is 0 Å². The Hall–Kier alpha value is -2.09. The first-order valence-electron chi connectivity index (χ1n) is 9.59. The molecule has 2 saturated heterocycles. The van der Waals surface area contributed by atoms with E-state index in [1.807, 2.05) is 0 Å². The molecule has 1 aliphatic carbocycles. The number of carbonyl (C=O) groups is 1. The van der Waals surface area contributed by atoms with Gasteiger partial charge in [0.25, 0.3) is 0 Å². The van der Waals surface area contributed by atoms with Crippen molar-refractivity contribution in [2.45, 2.75) is 37.6 Å². The maximum absolute atomic E-state index is 12.6. The summed E-state index contributed by atoms with van der Waals surface area (Å²) in [5.41, 5.74) is 11.6. The number of likely N-dealkylation sites (N-methyl/N-ethyl adjacent to an activating group) is 1. The zero-order valence-electron chi connectivity index (χ0n) is 15.5. The van der Waals surface area contributed by atoms with E-state index in [1.165, 1.54) is 12.8 Å². The summed E-state index contributed by atoms with van der Waals surface area (Å²) in [4.78, 5) is 27.7. The van der Waals surface area contributed by atoms with E-state index in [0.29, 0.717) is 18.1 Å². The molecule has 8 heteroatoms. The predicted octanol–water partition coefficient (Wildman–Crippen LogP) is 0.554. The zero-order valence-corrected chi connectivity index (χ0v) is 15.5. The topological polar surface area (TPSA) is 105 Å². The van der Waals surface area contributed by atoms with E-state index in [4.69, 9.17) is 11.5 Å². The summed E-state index contributed by atoms with van der Waals surface area (Å²) in [6, 6.07) is 1.79. The van der Waals surface area contributed by atoms with Gasteiger partial charge in [-0.3, -0.25) is 9.69 Å². The summed E-state index contributed by atoms with van der Waals surface area (Å²) in [7, 11) is 2.18. The SMILES string of the molecule is CN1CCN(c2cc(N)nc(N)n2)CC12CCC(=O)N(CC1CC1)CC2. The Balaban J connectivity index is 1.52. The third kappa shape index (κ3) is 3.42. The van der Waals surface area contributed by atoms with Crippen molar-refractivity contribution in [3.63, 3.8) is 0 Å². The molecule has 1 aromatic heterocycles. The monoisotopic (exact) mass is 359 g/mol. The fourth-order valence-corrected chi connectivity index (χ4v) is 4.33. The van der Waals surface area contributed by atoms with Crippen LogP contribution in [-0.2, 0) is 4.79 Å². The summed E-state index contributed by atoms with van der Waals surface area (Å²) in [6.07, 6.45) is 5.06. The number of carbonyl (C=O) groups excluding carboxylic acids is 1. The molecule has 8 nitrogen and oxygen atoms in total. The lowest BCUT2D eigenvalue weighted by Crippen LogP contribution is -2.61. The van der Waals surface area contributed by atoms with Gasteiger partial charge in [-0.05, 0) is 38.6 Å². The molecular formula is C18H29N7O. The minimum atomic E-state index is -0.0132. The van der Waals surface area contributed by atoms with Crippen LogP contribution in [0, 0.1) is 5.92 Å². The maximum atomic E-state index is 12.6. The third-order valence-electron chi connectivity index (χ3n) is 6.25. The van der Waals surface area contributed by atoms with Crippen LogP contribution >= 0.6 is 0 Å². The number of hydrogen-bond donors (Lipinski definition) is 2. The molecule has 1 saturated carbocycles. The van der Waals surface area contributed by atoms with Gasteiger partial charge in [-0.2, -0.15) is 9.97 Å². The first kappa shape index (κ1) is 17.3. The van der Waals surface area contributed by atoms with Crippen LogP contribution in [0.3, 0.4) is 0 Å². The van der Waals surface area contributed by atoms with Crippen molar-refractivity contribution in [3.8, 4) is 0 Å². The molecule has 3 fully saturated rings. The normalized spacial score (nSPS) is 27.8. The number of piperazine rings is 1. The van der Waals surface area contributed by atoms with Crippen LogP contribution in [0.1, 0.15) is 32.1 Å². The summed E-state index contributed by atoms with van der Waals surface area (Å²) in [6.45, 7) is 4.43. The second-order valence-corrected chi connectivity index (χ2v) is 8.11. The Morgan fingerprint density at radius 3 is 2.73 bits per heavy atom. The summed E-state index contributed by atoms with van der Waals surface area (Å²) < 4.78 is 0. The number of anilines is 3. The Kier molecular flexibility index (Phi) is 4.38. The molecule has 1 amide bonds. The summed E-state index contributed by atoms with van der Waals surface area (Å²) in [5.74, 6) is 2.44. The van der Waals surface area contributed by atoms with Crippen LogP contribution in [0.2, 0.25) is 0 Å². The van der Waals surface area contributed by atoms with E-state index in [2.05, 4.69) is 31.7 Å².